The van der Waals surface area contributed by atoms with E-state index in [0.717, 1.165) is 22.3 Å². The zero-order chi connectivity index (χ0) is 17.4. The highest BCUT2D eigenvalue weighted by atomic mass is 35.5. The molecule has 0 aliphatic carbocycles. The molecule has 6 heteroatoms. The Morgan fingerprint density at radius 3 is 2.60 bits per heavy atom. The molecule has 0 unspecified atom stereocenters. The molecule has 2 aromatic heterocycles. The van der Waals surface area contributed by atoms with Crippen LogP contribution in [0, 0.1) is 0 Å². The lowest BCUT2D eigenvalue weighted by atomic mass is 10.1. The molecule has 0 aliphatic rings. The maximum Gasteiger partial charge on any atom is 0.293 e. The van der Waals surface area contributed by atoms with Crippen molar-refractivity contribution in [3.63, 3.8) is 0 Å². The summed E-state index contributed by atoms with van der Waals surface area (Å²) in [7, 11) is 1.72. The monoisotopic (exact) mass is 350 g/mol. The summed E-state index contributed by atoms with van der Waals surface area (Å²) in [6.45, 7) is 0. The van der Waals surface area contributed by atoms with E-state index in [1.54, 1.807) is 29.8 Å². The largest absolute Gasteiger partial charge is 0.367 e. The van der Waals surface area contributed by atoms with E-state index >= 15 is 0 Å². The number of hydrogen-bond donors (Lipinski definition) is 2. The zero-order valence-corrected chi connectivity index (χ0v) is 14.2. The minimum atomic E-state index is -0.190. The Labute approximate surface area is 148 Å². The molecular formula is C19H15ClN4O. The van der Waals surface area contributed by atoms with E-state index in [1.165, 1.54) is 0 Å². The van der Waals surface area contributed by atoms with E-state index in [2.05, 4.69) is 15.3 Å². The van der Waals surface area contributed by atoms with Crippen molar-refractivity contribution in [1.82, 2.24) is 14.5 Å². The summed E-state index contributed by atoms with van der Waals surface area (Å²) in [4.78, 5) is 20.0. The van der Waals surface area contributed by atoms with Crippen molar-refractivity contribution in [2.75, 3.05) is 5.32 Å². The molecule has 0 radical (unpaired) electrons. The summed E-state index contributed by atoms with van der Waals surface area (Å²) in [5, 5.41) is 3.69. The van der Waals surface area contributed by atoms with Gasteiger partial charge in [-0.05, 0) is 47.5 Å². The number of anilines is 2. The number of aromatic nitrogens is 3. The lowest BCUT2D eigenvalue weighted by Gasteiger charge is -2.10. The first kappa shape index (κ1) is 15.5. The van der Waals surface area contributed by atoms with Crippen LogP contribution in [0.25, 0.3) is 22.2 Å². The highest BCUT2D eigenvalue weighted by molar-refractivity contribution is 6.31. The van der Waals surface area contributed by atoms with Crippen LogP contribution in [0.4, 0.5) is 11.5 Å². The van der Waals surface area contributed by atoms with Gasteiger partial charge in [0.15, 0.2) is 5.82 Å². The Morgan fingerprint density at radius 2 is 1.88 bits per heavy atom. The molecule has 5 nitrogen and oxygen atoms in total. The van der Waals surface area contributed by atoms with E-state index in [0.29, 0.717) is 10.5 Å². The second-order valence-corrected chi connectivity index (χ2v) is 6.20. The van der Waals surface area contributed by atoms with Gasteiger partial charge in [0.05, 0.1) is 11.0 Å². The maximum absolute atomic E-state index is 12.5. The molecule has 2 heterocycles. The van der Waals surface area contributed by atoms with Crippen LogP contribution in [-0.2, 0) is 7.05 Å². The third-order valence-electron chi connectivity index (χ3n) is 4.12. The van der Waals surface area contributed by atoms with Crippen LogP contribution >= 0.6 is 11.6 Å². The minimum Gasteiger partial charge on any atom is -0.367 e. The lowest BCUT2D eigenvalue weighted by molar-refractivity contribution is 0.896. The fourth-order valence-electron chi connectivity index (χ4n) is 2.77. The van der Waals surface area contributed by atoms with E-state index in [-0.39, 0.29) is 11.4 Å². The first-order valence-electron chi connectivity index (χ1n) is 7.78. The van der Waals surface area contributed by atoms with Crippen LogP contribution in [0.2, 0.25) is 5.02 Å². The molecule has 25 heavy (non-hydrogen) atoms. The second-order valence-electron chi connectivity index (χ2n) is 5.76. The molecule has 2 aromatic carbocycles. The van der Waals surface area contributed by atoms with Crippen molar-refractivity contribution in [1.29, 1.82) is 0 Å². The van der Waals surface area contributed by atoms with Gasteiger partial charge in [-0.2, -0.15) is 0 Å². The molecular weight excluding hydrogens is 336 g/mol. The second kappa shape index (κ2) is 6.11. The van der Waals surface area contributed by atoms with Gasteiger partial charge in [0, 0.05) is 30.2 Å². The van der Waals surface area contributed by atoms with Gasteiger partial charge in [-0.3, -0.25) is 4.79 Å². The number of halogens is 1. The molecule has 0 amide bonds. The number of aryl methyl sites for hydroxylation is 1. The van der Waals surface area contributed by atoms with Crippen LogP contribution in [-0.4, -0.2) is 14.5 Å². The highest BCUT2D eigenvalue weighted by Crippen LogP contribution is 2.23. The molecule has 0 atom stereocenters. The number of H-pyrrole nitrogens is 1. The molecule has 0 aliphatic heterocycles. The van der Waals surface area contributed by atoms with E-state index in [4.69, 9.17) is 11.6 Å². The van der Waals surface area contributed by atoms with Gasteiger partial charge in [-0.15, -0.1) is 0 Å². The molecule has 0 fully saturated rings. The van der Waals surface area contributed by atoms with E-state index < -0.39 is 0 Å². The van der Waals surface area contributed by atoms with Crippen LogP contribution in [0.1, 0.15) is 0 Å². The summed E-state index contributed by atoms with van der Waals surface area (Å²) in [6, 6.07) is 15.1. The Hall–Kier alpha value is -3.05. The van der Waals surface area contributed by atoms with Gasteiger partial charge in [-0.1, -0.05) is 23.7 Å². The van der Waals surface area contributed by atoms with Gasteiger partial charge in [-0.25, -0.2) is 4.98 Å². The van der Waals surface area contributed by atoms with Gasteiger partial charge in [0.2, 0.25) is 0 Å². The predicted molar refractivity (Wildman–Crippen MR) is 102 cm³/mol. The molecule has 2 N–H and O–H groups in total. The first-order valence-corrected chi connectivity index (χ1v) is 8.16. The van der Waals surface area contributed by atoms with Crippen molar-refractivity contribution in [2.24, 2.45) is 7.05 Å². The number of aromatic amines is 1. The van der Waals surface area contributed by atoms with Crippen molar-refractivity contribution in [3.8, 4) is 11.1 Å². The van der Waals surface area contributed by atoms with Gasteiger partial charge < -0.3 is 14.9 Å². The molecule has 4 aromatic rings. The number of hydrogen-bond acceptors (Lipinski definition) is 3. The third kappa shape index (κ3) is 2.90. The Bertz CT molecular complexity index is 1100. The predicted octanol–water partition coefficient (Wildman–Crippen LogP) is 4.33. The number of fused-ring (bicyclic) bond motifs is 1. The summed E-state index contributed by atoms with van der Waals surface area (Å²) >= 11 is 6.04. The Kier molecular flexibility index (Phi) is 3.78. The molecule has 124 valence electrons. The molecule has 0 bridgehead atoms. The quantitative estimate of drug-likeness (QED) is 0.578. The standard InChI is InChI=1S/C19H15ClN4O/c1-24-17-7-4-14(20)10-16(17)23-18(19(24)25)22-15-5-2-12(3-6-15)13-8-9-21-11-13/h2-11,21H,1H3,(H,22,23). The maximum atomic E-state index is 12.5. The van der Waals surface area contributed by atoms with Crippen LogP contribution < -0.4 is 10.9 Å². The minimum absolute atomic E-state index is 0.190. The van der Waals surface area contributed by atoms with Crippen molar-refractivity contribution in [3.05, 3.63) is 76.3 Å². The van der Waals surface area contributed by atoms with Crippen molar-refractivity contribution < 1.29 is 0 Å². The number of benzene rings is 2. The smallest absolute Gasteiger partial charge is 0.293 e. The third-order valence-corrected chi connectivity index (χ3v) is 4.35. The average molecular weight is 351 g/mol. The van der Waals surface area contributed by atoms with Crippen LogP contribution in [0.3, 0.4) is 0 Å². The zero-order valence-electron chi connectivity index (χ0n) is 13.5. The van der Waals surface area contributed by atoms with Gasteiger partial charge in [0.1, 0.15) is 0 Å². The fraction of sp³-hybridized carbons (Fsp3) is 0.0526. The normalized spacial score (nSPS) is 11.0. The molecule has 0 saturated heterocycles. The molecule has 4 rings (SSSR count). The fourth-order valence-corrected chi connectivity index (χ4v) is 2.94. The van der Waals surface area contributed by atoms with Crippen molar-refractivity contribution >= 4 is 34.1 Å². The SMILES string of the molecule is Cn1c(=O)c(Nc2ccc(-c3cc[nH]c3)cc2)nc2cc(Cl)ccc21. The summed E-state index contributed by atoms with van der Waals surface area (Å²) in [6.07, 6.45) is 3.82. The Morgan fingerprint density at radius 1 is 1.08 bits per heavy atom. The van der Waals surface area contributed by atoms with E-state index in [1.807, 2.05) is 42.7 Å². The van der Waals surface area contributed by atoms with Crippen molar-refractivity contribution in [2.45, 2.75) is 0 Å². The number of rotatable bonds is 3. The average Bonchev–Trinajstić information content (AvgIpc) is 3.14. The van der Waals surface area contributed by atoms with Gasteiger partial charge in [0.25, 0.3) is 5.56 Å². The topological polar surface area (TPSA) is 62.7 Å². The van der Waals surface area contributed by atoms with Gasteiger partial charge >= 0.3 is 0 Å². The van der Waals surface area contributed by atoms with E-state index in [9.17, 15) is 4.79 Å². The Balaban J connectivity index is 1.70. The van der Waals surface area contributed by atoms with Crippen LogP contribution in [0.5, 0.6) is 0 Å². The molecule has 0 spiro atoms. The summed E-state index contributed by atoms with van der Waals surface area (Å²) in [5.74, 6) is 0.270. The molecule has 0 saturated carbocycles. The highest BCUT2D eigenvalue weighted by Gasteiger charge is 2.09. The first-order chi connectivity index (χ1) is 12.1. The number of nitrogens with zero attached hydrogens (tertiary/aromatic N) is 2. The lowest BCUT2D eigenvalue weighted by Crippen LogP contribution is -2.21. The number of nitrogens with one attached hydrogen (secondary N) is 2. The summed E-state index contributed by atoms with van der Waals surface area (Å²) < 4.78 is 1.56. The summed E-state index contributed by atoms with van der Waals surface area (Å²) in [5.41, 5.74) is 4.22. The van der Waals surface area contributed by atoms with Crippen LogP contribution in [0.15, 0.2) is 65.7 Å².